The lowest BCUT2D eigenvalue weighted by atomic mass is 10.1. The molecule has 1 amide bonds. The van der Waals surface area contributed by atoms with Crippen molar-refractivity contribution in [3.8, 4) is 5.75 Å². The molecule has 0 fully saturated rings. The molecule has 0 bridgehead atoms. The van der Waals surface area contributed by atoms with Crippen molar-refractivity contribution < 1.29 is 9.53 Å². The minimum atomic E-state index is -0.170. The van der Waals surface area contributed by atoms with Crippen molar-refractivity contribution in [2.75, 3.05) is 19.0 Å². The lowest BCUT2D eigenvalue weighted by Gasteiger charge is -2.13. The van der Waals surface area contributed by atoms with Gasteiger partial charge in [-0.25, -0.2) is 0 Å². The average molecular weight is 284 g/mol. The Labute approximate surface area is 125 Å². The molecule has 2 aromatic carbocycles. The van der Waals surface area contributed by atoms with E-state index >= 15 is 0 Å². The van der Waals surface area contributed by atoms with Crippen LogP contribution in [0.4, 0.5) is 5.69 Å². The highest BCUT2D eigenvalue weighted by molar-refractivity contribution is 6.06. The summed E-state index contributed by atoms with van der Waals surface area (Å²) in [4.78, 5) is 12.4. The summed E-state index contributed by atoms with van der Waals surface area (Å²) in [6, 6.07) is 15.0. The molecule has 4 nitrogen and oxygen atoms in total. The first kappa shape index (κ1) is 15.1. The summed E-state index contributed by atoms with van der Waals surface area (Å²) in [6.45, 7) is 3.66. The van der Waals surface area contributed by atoms with E-state index in [1.807, 2.05) is 36.4 Å². The lowest BCUT2D eigenvalue weighted by molar-refractivity contribution is 0.102. The van der Waals surface area contributed by atoms with Gasteiger partial charge in [-0.3, -0.25) is 4.79 Å². The van der Waals surface area contributed by atoms with Crippen molar-refractivity contribution in [2.45, 2.75) is 13.5 Å². The number of ether oxygens (including phenoxy) is 1. The fraction of sp³-hybridized carbons (Fsp3) is 0.235. The molecular weight excluding hydrogens is 264 g/mol. The molecule has 0 saturated heterocycles. The number of para-hydroxylation sites is 2. The fourth-order valence-electron chi connectivity index (χ4n) is 2.08. The zero-order valence-corrected chi connectivity index (χ0v) is 12.3. The van der Waals surface area contributed by atoms with Crippen molar-refractivity contribution in [3.63, 3.8) is 0 Å². The smallest absolute Gasteiger partial charge is 0.259 e. The van der Waals surface area contributed by atoms with Gasteiger partial charge in [0.05, 0.1) is 12.7 Å². The molecule has 110 valence electrons. The van der Waals surface area contributed by atoms with E-state index in [0.717, 1.165) is 24.3 Å². The molecule has 0 aliphatic heterocycles. The zero-order chi connectivity index (χ0) is 15.1. The number of anilines is 1. The summed E-state index contributed by atoms with van der Waals surface area (Å²) in [7, 11) is 1.56. The normalized spacial score (nSPS) is 10.2. The van der Waals surface area contributed by atoms with Crippen LogP contribution in [0.3, 0.4) is 0 Å². The number of hydrogen-bond donors (Lipinski definition) is 2. The molecule has 4 heteroatoms. The number of benzene rings is 2. The van der Waals surface area contributed by atoms with Gasteiger partial charge in [-0.05, 0) is 30.3 Å². The van der Waals surface area contributed by atoms with Gasteiger partial charge < -0.3 is 15.4 Å². The molecule has 0 aliphatic rings. The Hall–Kier alpha value is -2.33. The van der Waals surface area contributed by atoms with Gasteiger partial charge in [0.25, 0.3) is 5.91 Å². The van der Waals surface area contributed by atoms with Crippen molar-refractivity contribution in [2.24, 2.45) is 0 Å². The van der Waals surface area contributed by atoms with Gasteiger partial charge >= 0.3 is 0 Å². The van der Waals surface area contributed by atoms with Crippen molar-refractivity contribution >= 4 is 11.6 Å². The molecule has 0 aliphatic carbocycles. The van der Waals surface area contributed by atoms with Crippen LogP contribution in [-0.2, 0) is 6.54 Å². The van der Waals surface area contributed by atoms with Crippen molar-refractivity contribution in [1.82, 2.24) is 5.32 Å². The maximum atomic E-state index is 12.4. The van der Waals surface area contributed by atoms with Gasteiger partial charge in [-0.15, -0.1) is 0 Å². The van der Waals surface area contributed by atoms with E-state index in [-0.39, 0.29) is 5.91 Å². The summed E-state index contributed by atoms with van der Waals surface area (Å²) in [5.41, 5.74) is 2.40. The van der Waals surface area contributed by atoms with Crippen LogP contribution in [-0.4, -0.2) is 19.6 Å². The van der Waals surface area contributed by atoms with E-state index in [0.29, 0.717) is 11.3 Å². The van der Waals surface area contributed by atoms with Gasteiger partial charge in [0.15, 0.2) is 0 Å². The van der Waals surface area contributed by atoms with Gasteiger partial charge in [-0.1, -0.05) is 37.3 Å². The Balaban J connectivity index is 2.19. The third kappa shape index (κ3) is 3.83. The number of methoxy groups -OCH3 is 1. The Morgan fingerprint density at radius 3 is 2.57 bits per heavy atom. The summed E-state index contributed by atoms with van der Waals surface area (Å²) in [5, 5.41) is 6.22. The first-order valence-corrected chi connectivity index (χ1v) is 6.99. The standard InChI is InChI=1S/C17H20N2O2/c1-3-18-12-13-8-4-6-10-15(13)19-17(20)14-9-5-7-11-16(14)21-2/h4-11,18H,3,12H2,1-2H3,(H,19,20). The minimum absolute atomic E-state index is 0.170. The summed E-state index contributed by atoms with van der Waals surface area (Å²) < 4.78 is 5.23. The summed E-state index contributed by atoms with van der Waals surface area (Å²) in [6.07, 6.45) is 0. The molecule has 0 heterocycles. The van der Waals surface area contributed by atoms with Crippen LogP contribution in [0.25, 0.3) is 0 Å². The third-order valence-electron chi connectivity index (χ3n) is 3.18. The number of rotatable bonds is 6. The number of carbonyl (C=O) groups is 1. The average Bonchev–Trinajstić information content (AvgIpc) is 2.54. The van der Waals surface area contributed by atoms with E-state index in [1.165, 1.54) is 0 Å². The van der Waals surface area contributed by atoms with Crippen molar-refractivity contribution in [3.05, 3.63) is 59.7 Å². The molecule has 0 spiro atoms. The molecule has 21 heavy (non-hydrogen) atoms. The molecule has 0 aromatic heterocycles. The van der Waals surface area contributed by atoms with Gasteiger partial charge in [-0.2, -0.15) is 0 Å². The molecule has 2 N–H and O–H groups in total. The molecule has 2 aromatic rings. The second kappa shape index (κ2) is 7.45. The number of hydrogen-bond acceptors (Lipinski definition) is 3. The number of carbonyl (C=O) groups excluding carboxylic acids is 1. The molecule has 0 atom stereocenters. The van der Waals surface area contributed by atoms with E-state index in [9.17, 15) is 4.79 Å². The molecule has 0 saturated carbocycles. The lowest BCUT2D eigenvalue weighted by Crippen LogP contribution is -2.17. The highest BCUT2D eigenvalue weighted by Crippen LogP contribution is 2.21. The molecular formula is C17H20N2O2. The van der Waals surface area contributed by atoms with Crippen LogP contribution >= 0.6 is 0 Å². The maximum absolute atomic E-state index is 12.4. The SMILES string of the molecule is CCNCc1ccccc1NC(=O)c1ccccc1OC. The van der Waals surface area contributed by atoms with E-state index in [4.69, 9.17) is 4.74 Å². The Kier molecular flexibility index (Phi) is 5.35. The predicted octanol–water partition coefficient (Wildman–Crippen LogP) is 3.06. The predicted molar refractivity (Wildman–Crippen MR) is 84.8 cm³/mol. The first-order chi connectivity index (χ1) is 10.3. The van der Waals surface area contributed by atoms with Gasteiger partial charge in [0, 0.05) is 12.2 Å². The zero-order valence-electron chi connectivity index (χ0n) is 12.3. The van der Waals surface area contributed by atoms with Crippen LogP contribution < -0.4 is 15.4 Å². The molecule has 0 radical (unpaired) electrons. The molecule has 0 unspecified atom stereocenters. The van der Waals surface area contributed by atoms with Crippen LogP contribution in [0.5, 0.6) is 5.75 Å². The fourth-order valence-corrected chi connectivity index (χ4v) is 2.08. The highest BCUT2D eigenvalue weighted by Gasteiger charge is 2.12. The van der Waals surface area contributed by atoms with Crippen LogP contribution in [0.1, 0.15) is 22.8 Å². The monoisotopic (exact) mass is 284 g/mol. The molecule has 2 rings (SSSR count). The quantitative estimate of drug-likeness (QED) is 0.857. The minimum Gasteiger partial charge on any atom is -0.496 e. The number of nitrogens with one attached hydrogen (secondary N) is 2. The first-order valence-electron chi connectivity index (χ1n) is 6.99. The maximum Gasteiger partial charge on any atom is 0.259 e. The summed E-state index contributed by atoms with van der Waals surface area (Å²) in [5.74, 6) is 0.399. The van der Waals surface area contributed by atoms with Crippen LogP contribution in [0.15, 0.2) is 48.5 Å². The van der Waals surface area contributed by atoms with E-state index < -0.39 is 0 Å². The topological polar surface area (TPSA) is 50.4 Å². The summed E-state index contributed by atoms with van der Waals surface area (Å²) >= 11 is 0. The third-order valence-corrected chi connectivity index (χ3v) is 3.18. The number of amides is 1. The van der Waals surface area contributed by atoms with Crippen LogP contribution in [0.2, 0.25) is 0 Å². The van der Waals surface area contributed by atoms with Gasteiger partial charge in [0.1, 0.15) is 5.75 Å². The van der Waals surface area contributed by atoms with E-state index in [2.05, 4.69) is 17.6 Å². The highest BCUT2D eigenvalue weighted by atomic mass is 16.5. The van der Waals surface area contributed by atoms with Crippen molar-refractivity contribution in [1.29, 1.82) is 0 Å². The van der Waals surface area contributed by atoms with Crippen LogP contribution in [0, 0.1) is 0 Å². The van der Waals surface area contributed by atoms with E-state index in [1.54, 1.807) is 19.2 Å². The Morgan fingerprint density at radius 1 is 1.10 bits per heavy atom. The Morgan fingerprint density at radius 2 is 1.81 bits per heavy atom. The second-order valence-electron chi connectivity index (χ2n) is 4.59. The second-order valence-corrected chi connectivity index (χ2v) is 4.59. The van der Waals surface area contributed by atoms with Gasteiger partial charge in [0.2, 0.25) is 0 Å². The Bertz CT molecular complexity index is 611. The largest absolute Gasteiger partial charge is 0.496 e.